The van der Waals surface area contributed by atoms with Gasteiger partial charge in [-0.1, -0.05) is 0 Å². The topological polar surface area (TPSA) is 74.7 Å². The average molecular weight is 295 g/mol. The van der Waals surface area contributed by atoms with Crippen LogP contribution in [0.5, 0.6) is 0 Å². The average Bonchev–Trinajstić information content (AvgIpc) is 2.88. The van der Waals surface area contributed by atoms with Crippen molar-refractivity contribution in [2.24, 2.45) is 5.92 Å². The number of ketones is 1. The first-order valence-electron chi connectivity index (χ1n) is 6.58. The highest BCUT2D eigenvalue weighted by molar-refractivity contribution is 7.12. The van der Waals surface area contributed by atoms with Crippen LogP contribution >= 0.6 is 11.3 Å². The maximum atomic E-state index is 12.3. The number of carboxylic acids is 1. The zero-order valence-electron chi connectivity index (χ0n) is 11.3. The first kappa shape index (κ1) is 14.7. The van der Waals surface area contributed by atoms with E-state index < -0.39 is 5.97 Å². The zero-order chi connectivity index (χ0) is 14.7. The molecule has 2 heterocycles. The number of carbonyl (C=O) groups excluding carboxylic acids is 2. The number of rotatable bonds is 4. The number of hydrogen-bond acceptors (Lipinski definition) is 4. The third-order valence-corrected chi connectivity index (χ3v) is 4.50. The molecule has 0 atom stereocenters. The molecule has 1 N–H and O–H groups in total. The van der Waals surface area contributed by atoms with Crippen LogP contribution in [0, 0.1) is 5.92 Å². The van der Waals surface area contributed by atoms with Crippen molar-refractivity contribution in [1.29, 1.82) is 0 Å². The Hall–Kier alpha value is -1.69. The lowest BCUT2D eigenvalue weighted by Crippen LogP contribution is -2.38. The van der Waals surface area contributed by atoms with Crippen LogP contribution in [-0.4, -0.2) is 40.8 Å². The standard InChI is InChI=1S/C14H17NO4S/c1-9(16)11-7-12(20-8-11)14(19)15-4-2-10(3-5-15)6-13(17)18/h7-8,10H,2-6H2,1H3,(H,17,18). The zero-order valence-corrected chi connectivity index (χ0v) is 12.1. The van der Waals surface area contributed by atoms with Gasteiger partial charge >= 0.3 is 5.97 Å². The second-order valence-corrected chi connectivity index (χ2v) is 6.00. The van der Waals surface area contributed by atoms with Gasteiger partial charge in [0.1, 0.15) is 0 Å². The molecule has 1 amide bonds. The molecule has 1 saturated heterocycles. The van der Waals surface area contributed by atoms with E-state index in [1.165, 1.54) is 18.3 Å². The van der Waals surface area contributed by atoms with Gasteiger partial charge in [-0.25, -0.2) is 0 Å². The van der Waals surface area contributed by atoms with Gasteiger partial charge in [-0.3, -0.25) is 14.4 Å². The highest BCUT2D eigenvalue weighted by Gasteiger charge is 2.25. The van der Waals surface area contributed by atoms with Crippen molar-refractivity contribution in [3.63, 3.8) is 0 Å². The van der Waals surface area contributed by atoms with Crippen molar-refractivity contribution < 1.29 is 19.5 Å². The molecule has 0 bridgehead atoms. The molecular weight excluding hydrogens is 278 g/mol. The smallest absolute Gasteiger partial charge is 0.303 e. The van der Waals surface area contributed by atoms with E-state index in [9.17, 15) is 14.4 Å². The SMILES string of the molecule is CC(=O)c1csc(C(=O)N2CCC(CC(=O)O)CC2)c1. The van der Waals surface area contributed by atoms with Crippen molar-refractivity contribution in [3.05, 3.63) is 21.9 Å². The predicted octanol–water partition coefficient (Wildman–Crippen LogP) is 2.28. The lowest BCUT2D eigenvalue weighted by molar-refractivity contribution is -0.138. The number of carboxylic acid groups (broad SMARTS) is 1. The van der Waals surface area contributed by atoms with Gasteiger partial charge in [0.15, 0.2) is 5.78 Å². The van der Waals surface area contributed by atoms with Gasteiger partial charge in [-0.05, 0) is 31.7 Å². The van der Waals surface area contributed by atoms with E-state index in [1.807, 2.05) is 0 Å². The second-order valence-electron chi connectivity index (χ2n) is 5.09. The van der Waals surface area contributed by atoms with E-state index in [0.29, 0.717) is 23.5 Å². The van der Waals surface area contributed by atoms with Gasteiger partial charge in [-0.15, -0.1) is 11.3 Å². The molecule has 0 aromatic carbocycles. The Bertz CT molecular complexity index is 529. The molecule has 2 rings (SSSR count). The lowest BCUT2D eigenvalue weighted by atomic mass is 9.93. The molecule has 6 heteroatoms. The summed E-state index contributed by atoms with van der Waals surface area (Å²) in [7, 11) is 0. The summed E-state index contributed by atoms with van der Waals surface area (Å²) in [6.45, 7) is 2.65. The Labute approximate surface area is 121 Å². The van der Waals surface area contributed by atoms with Crippen LogP contribution in [-0.2, 0) is 4.79 Å². The molecule has 0 radical (unpaired) electrons. The number of carbonyl (C=O) groups is 3. The molecule has 1 aliphatic heterocycles. The normalized spacial score (nSPS) is 16.1. The molecule has 1 aromatic heterocycles. The fourth-order valence-corrected chi connectivity index (χ4v) is 3.29. The van der Waals surface area contributed by atoms with E-state index in [0.717, 1.165) is 12.8 Å². The molecule has 0 spiro atoms. The third kappa shape index (κ3) is 3.45. The summed E-state index contributed by atoms with van der Waals surface area (Å²) >= 11 is 1.28. The van der Waals surface area contributed by atoms with Gasteiger partial charge in [0.05, 0.1) is 4.88 Å². The minimum absolute atomic E-state index is 0.0412. The van der Waals surface area contributed by atoms with Gasteiger partial charge < -0.3 is 10.0 Å². The van der Waals surface area contributed by atoms with Crippen LogP contribution in [0.25, 0.3) is 0 Å². The monoisotopic (exact) mass is 295 g/mol. The first-order chi connectivity index (χ1) is 9.47. The fraction of sp³-hybridized carbons (Fsp3) is 0.500. The molecule has 20 heavy (non-hydrogen) atoms. The molecule has 1 aliphatic rings. The Morgan fingerprint density at radius 3 is 2.50 bits per heavy atom. The number of amides is 1. The number of Topliss-reactive ketones (excluding diaryl/α,β-unsaturated/α-hetero) is 1. The molecule has 0 saturated carbocycles. The number of thiophene rings is 1. The first-order valence-corrected chi connectivity index (χ1v) is 7.46. The molecule has 1 fully saturated rings. The van der Waals surface area contributed by atoms with Crippen LogP contribution in [0.3, 0.4) is 0 Å². The highest BCUT2D eigenvalue weighted by atomic mass is 32.1. The van der Waals surface area contributed by atoms with E-state index in [-0.39, 0.29) is 24.0 Å². The van der Waals surface area contributed by atoms with E-state index in [4.69, 9.17) is 5.11 Å². The molecule has 108 valence electrons. The van der Waals surface area contributed by atoms with Crippen molar-refractivity contribution in [2.75, 3.05) is 13.1 Å². The summed E-state index contributed by atoms with van der Waals surface area (Å²) in [6, 6.07) is 1.64. The number of aliphatic carboxylic acids is 1. The number of piperidine rings is 1. The highest BCUT2D eigenvalue weighted by Crippen LogP contribution is 2.24. The fourth-order valence-electron chi connectivity index (χ4n) is 2.38. The summed E-state index contributed by atoms with van der Waals surface area (Å²) in [6.07, 6.45) is 1.63. The Morgan fingerprint density at radius 1 is 1.35 bits per heavy atom. The Balaban J connectivity index is 1.94. The van der Waals surface area contributed by atoms with E-state index >= 15 is 0 Å². The van der Waals surface area contributed by atoms with Crippen molar-refractivity contribution in [1.82, 2.24) is 4.90 Å². The van der Waals surface area contributed by atoms with E-state index in [2.05, 4.69) is 0 Å². The molecular formula is C14H17NO4S. The van der Waals surface area contributed by atoms with Crippen LogP contribution in [0.15, 0.2) is 11.4 Å². The lowest BCUT2D eigenvalue weighted by Gasteiger charge is -2.31. The van der Waals surface area contributed by atoms with Gasteiger partial charge in [0, 0.05) is 30.5 Å². The maximum absolute atomic E-state index is 12.3. The summed E-state index contributed by atoms with van der Waals surface area (Å²) in [5, 5.41) is 10.5. The van der Waals surface area contributed by atoms with Crippen LogP contribution in [0.1, 0.15) is 46.2 Å². The predicted molar refractivity (Wildman–Crippen MR) is 75.2 cm³/mol. The van der Waals surface area contributed by atoms with Crippen LogP contribution in [0.4, 0.5) is 0 Å². The largest absolute Gasteiger partial charge is 0.481 e. The van der Waals surface area contributed by atoms with Gasteiger partial charge in [0.25, 0.3) is 5.91 Å². The molecule has 5 nitrogen and oxygen atoms in total. The molecule has 1 aromatic rings. The van der Waals surface area contributed by atoms with Crippen LogP contribution in [0.2, 0.25) is 0 Å². The summed E-state index contributed by atoms with van der Waals surface area (Å²) in [5.74, 6) is -0.719. The van der Waals surface area contributed by atoms with Crippen LogP contribution < -0.4 is 0 Å². The Morgan fingerprint density at radius 2 is 2.00 bits per heavy atom. The third-order valence-electron chi connectivity index (χ3n) is 3.58. The van der Waals surface area contributed by atoms with Gasteiger partial charge in [-0.2, -0.15) is 0 Å². The van der Waals surface area contributed by atoms with Crippen molar-refractivity contribution in [2.45, 2.75) is 26.2 Å². The number of likely N-dealkylation sites (tertiary alicyclic amines) is 1. The van der Waals surface area contributed by atoms with Crippen molar-refractivity contribution in [3.8, 4) is 0 Å². The molecule has 0 aliphatic carbocycles. The Kier molecular flexibility index (Phi) is 4.54. The van der Waals surface area contributed by atoms with E-state index in [1.54, 1.807) is 16.3 Å². The second kappa shape index (κ2) is 6.17. The minimum atomic E-state index is -0.779. The minimum Gasteiger partial charge on any atom is -0.481 e. The maximum Gasteiger partial charge on any atom is 0.303 e. The quantitative estimate of drug-likeness (QED) is 0.865. The molecule has 0 unspecified atom stereocenters. The van der Waals surface area contributed by atoms with Gasteiger partial charge in [0.2, 0.25) is 0 Å². The number of hydrogen-bond donors (Lipinski definition) is 1. The summed E-state index contributed by atoms with van der Waals surface area (Å²) < 4.78 is 0. The summed E-state index contributed by atoms with van der Waals surface area (Å²) in [4.78, 5) is 36.5. The number of nitrogens with zero attached hydrogens (tertiary/aromatic N) is 1. The summed E-state index contributed by atoms with van der Waals surface area (Å²) in [5.41, 5.74) is 0.569. The van der Waals surface area contributed by atoms with Crippen molar-refractivity contribution >= 4 is 29.0 Å².